The predicted molar refractivity (Wildman–Crippen MR) is 164 cm³/mol. The Morgan fingerprint density at radius 2 is 1.22 bits per heavy atom. The van der Waals surface area contributed by atoms with Gasteiger partial charge in [-0.15, -0.1) is 0 Å². The maximum Gasteiger partial charge on any atom is 0.296 e. The number of ether oxygens (including phenoxy) is 1. The molecule has 0 radical (unpaired) electrons. The van der Waals surface area contributed by atoms with Gasteiger partial charge >= 0.3 is 0 Å². The molecule has 0 spiro atoms. The molecule has 0 bridgehead atoms. The summed E-state index contributed by atoms with van der Waals surface area (Å²) >= 11 is 0. The zero-order valence-electron chi connectivity index (χ0n) is 23.6. The van der Waals surface area contributed by atoms with Crippen LogP contribution in [0, 0.1) is 13.8 Å². The summed E-state index contributed by atoms with van der Waals surface area (Å²) in [5, 5.41) is 2.40. The molecule has 4 aromatic carbocycles. The number of aryl methyl sites for hydroxylation is 1. The van der Waals surface area contributed by atoms with Gasteiger partial charge in [0.05, 0.1) is 10.6 Å². The Morgan fingerprint density at radius 1 is 0.630 bits per heavy atom. The minimum Gasteiger partial charge on any atom is -0.456 e. The van der Waals surface area contributed by atoms with E-state index in [1.54, 1.807) is 6.92 Å². The summed E-state index contributed by atoms with van der Waals surface area (Å²) in [6.07, 6.45) is 0. The Labute approximate surface area is 263 Å². The van der Waals surface area contributed by atoms with Gasteiger partial charge in [0.1, 0.15) is 26.2 Å². The second-order valence-corrected chi connectivity index (χ2v) is 15.7. The van der Waals surface area contributed by atoms with Crippen molar-refractivity contribution in [2.75, 3.05) is 5.32 Å². The van der Waals surface area contributed by atoms with Crippen LogP contribution in [-0.4, -0.2) is 51.9 Å². The average Bonchev–Trinajstić information content (AvgIpc) is 2.91. The molecule has 0 saturated carbocycles. The first-order valence-electron chi connectivity index (χ1n) is 12.7. The molecule has 0 aliphatic carbocycles. The lowest BCUT2D eigenvalue weighted by atomic mass is 9.92. The molecule has 0 unspecified atom stereocenters. The molecule has 14 nitrogen and oxygen atoms in total. The summed E-state index contributed by atoms with van der Waals surface area (Å²) in [7, 11) is -19.6. The maximum atomic E-state index is 12.7. The monoisotopic (exact) mass is 709 g/mol. The molecular weight excluding hydrogens is 687 g/mol. The summed E-state index contributed by atoms with van der Waals surface area (Å²) in [6.45, 7) is 6.52. The first-order valence-corrected chi connectivity index (χ1v) is 18.4. The van der Waals surface area contributed by atoms with Crippen LogP contribution < -0.4 is 20.5 Å². The molecule has 242 valence electrons. The fourth-order valence-electron chi connectivity index (χ4n) is 5.16. The normalized spacial score (nSPS) is 13.5. The van der Waals surface area contributed by atoms with E-state index in [1.807, 2.05) is 0 Å². The van der Waals surface area contributed by atoms with Crippen LogP contribution in [0.2, 0.25) is 0 Å². The summed E-state index contributed by atoms with van der Waals surface area (Å²) in [6, 6.07) is 11.5. The van der Waals surface area contributed by atoms with Crippen molar-refractivity contribution in [2.45, 2.75) is 33.4 Å². The second-order valence-electron chi connectivity index (χ2n) is 10.2. The first-order chi connectivity index (χ1) is 21.1. The fraction of sp³-hybridized carbons (Fsp3) is 0.0714. The van der Waals surface area contributed by atoms with Gasteiger partial charge in [-0.2, -0.15) is 33.7 Å². The van der Waals surface area contributed by atoms with Crippen LogP contribution in [0.5, 0.6) is 11.5 Å². The number of fused-ring (bicyclic) bond motifs is 2. The largest absolute Gasteiger partial charge is 0.456 e. The van der Waals surface area contributed by atoms with E-state index in [0.717, 1.165) is 36.4 Å². The van der Waals surface area contributed by atoms with Crippen LogP contribution in [0.15, 0.2) is 80.2 Å². The standard InChI is InChI=1S/C28H23NO13S4/c1-14-8-9-23(43(30,31)32)16(3)28(14)29-20-13-22-19(12-26(20)46(39,40)41)27(17-6-4-5-7-24(17)44(33,34)35)18-11-25(45(36,37)38)15(2)10-21(18)42-22/h4-13,29H,2H2,1,3H3,(H,30,31,32)(H,33,34,35)(H,36,37,38)(H,39,40,41). The summed E-state index contributed by atoms with van der Waals surface area (Å²) in [5.74, 6) is -0.279. The minimum absolute atomic E-state index is 0.00143. The lowest BCUT2D eigenvalue weighted by Crippen LogP contribution is -2.25. The van der Waals surface area contributed by atoms with E-state index in [1.165, 1.54) is 31.2 Å². The molecule has 5 N–H and O–H groups in total. The predicted octanol–water partition coefficient (Wildman–Crippen LogP) is 2.80. The molecule has 1 heterocycles. The van der Waals surface area contributed by atoms with Crippen molar-refractivity contribution in [3.8, 4) is 11.5 Å². The molecule has 4 aromatic rings. The Morgan fingerprint density at radius 3 is 1.80 bits per heavy atom. The van der Waals surface area contributed by atoms with Gasteiger partial charge in [0, 0.05) is 33.7 Å². The zero-order chi connectivity index (χ0) is 34.1. The molecule has 18 heteroatoms. The average molecular weight is 710 g/mol. The maximum absolute atomic E-state index is 12.7. The van der Waals surface area contributed by atoms with Crippen LogP contribution in [-0.2, 0) is 40.5 Å². The van der Waals surface area contributed by atoms with Crippen molar-refractivity contribution in [1.29, 1.82) is 0 Å². The minimum atomic E-state index is -5.12. The second kappa shape index (κ2) is 11.0. The summed E-state index contributed by atoms with van der Waals surface area (Å²) in [4.78, 5) is -2.62. The lowest BCUT2D eigenvalue weighted by molar-refractivity contribution is 0.466. The van der Waals surface area contributed by atoms with Crippen LogP contribution in [0.25, 0.3) is 12.2 Å². The Balaban J connectivity index is 1.92. The van der Waals surface area contributed by atoms with E-state index < -0.39 is 60.1 Å². The molecule has 1 aliphatic rings. The SMILES string of the molecule is C=c1cc2c(cc1S(=O)(=O)O)=C(c1ccccc1S(=O)(=O)O)c1cc(S(=O)(=O)O)c(Nc3c(C)ccc(S(=O)(=O)O)c3C)cc1O2. The molecule has 5 rings (SSSR count). The van der Waals surface area contributed by atoms with Crippen LogP contribution in [0.1, 0.15) is 22.3 Å². The Hall–Kier alpha value is -4.14. The molecule has 0 fully saturated rings. The lowest BCUT2D eigenvalue weighted by Gasteiger charge is -2.25. The van der Waals surface area contributed by atoms with E-state index in [0.29, 0.717) is 5.56 Å². The van der Waals surface area contributed by atoms with Crippen LogP contribution >= 0.6 is 0 Å². The highest BCUT2D eigenvalue weighted by molar-refractivity contribution is 7.86. The van der Waals surface area contributed by atoms with Gasteiger partial charge in [0.15, 0.2) is 0 Å². The third-order valence-corrected chi connectivity index (χ3v) is 10.9. The fourth-order valence-corrected chi connectivity index (χ4v) is 7.90. The highest BCUT2D eigenvalue weighted by atomic mass is 32.2. The Bertz CT molecular complexity index is 2560. The molecule has 0 amide bonds. The van der Waals surface area contributed by atoms with E-state index in [-0.39, 0.29) is 55.6 Å². The topological polar surface area (TPSA) is 239 Å². The van der Waals surface area contributed by atoms with Crippen LogP contribution in [0.3, 0.4) is 0 Å². The van der Waals surface area contributed by atoms with Crippen molar-refractivity contribution in [3.63, 3.8) is 0 Å². The number of benzene rings is 4. The van der Waals surface area contributed by atoms with Crippen LogP contribution in [0.4, 0.5) is 11.4 Å². The van der Waals surface area contributed by atoms with Crippen molar-refractivity contribution in [1.82, 2.24) is 0 Å². The molecular formula is C28H23NO13S4. The Kier molecular flexibility index (Phi) is 7.94. The van der Waals surface area contributed by atoms with Crippen molar-refractivity contribution >= 4 is 64.0 Å². The van der Waals surface area contributed by atoms with Gasteiger partial charge in [0.25, 0.3) is 40.5 Å². The van der Waals surface area contributed by atoms with Gasteiger partial charge in [-0.05, 0) is 60.5 Å². The molecule has 0 saturated heterocycles. The van der Waals surface area contributed by atoms with E-state index in [2.05, 4.69) is 11.9 Å². The quantitative estimate of drug-likeness (QED) is 0.153. The van der Waals surface area contributed by atoms with E-state index in [4.69, 9.17) is 4.74 Å². The van der Waals surface area contributed by atoms with Gasteiger partial charge in [0.2, 0.25) is 0 Å². The highest BCUT2D eigenvalue weighted by Gasteiger charge is 2.30. The summed E-state index contributed by atoms with van der Waals surface area (Å²) < 4.78 is 144. The molecule has 0 aromatic heterocycles. The number of nitrogens with one attached hydrogen (secondary N) is 1. The number of hydrogen-bond donors (Lipinski definition) is 5. The smallest absolute Gasteiger partial charge is 0.296 e. The van der Waals surface area contributed by atoms with Crippen molar-refractivity contribution in [3.05, 3.63) is 93.4 Å². The third kappa shape index (κ3) is 6.04. The number of hydrogen-bond acceptors (Lipinski definition) is 10. The summed E-state index contributed by atoms with van der Waals surface area (Å²) in [5.41, 5.74) is -0.481. The highest BCUT2D eigenvalue weighted by Crippen LogP contribution is 2.43. The zero-order valence-corrected chi connectivity index (χ0v) is 26.8. The molecule has 46 heavy (non-hydrogen) atoms. The number of anilines is 2. The molecule has 1 aliphatic heterocycles. The molecule has 0 atom stereocenters. The van der Waals surface area contributed by atoms with Gasteiger partial charge in [-0.3, -0.25) is 18.2 Å². The van der Waals surface area contributed by atoms with E-state index >= 15 is 0 Å². The van der Waals surface area contributed by atoms with Crippen molar-refractivity contribution in [2.24, 2.45) is 0 Å². The third-order valence-electron chi connectivity index (χ3n) is 7.15. The van der Waals surface area contributed by atoms with E-state index in [9.17, 15) is 51.9 Å². The van der Waals surface area contributed by atoms with Gasteiger partial charge < -0.3 is 10.1 Å². The van der Waals surface area contributed by atoms with Gasteiger partial charge in [-0.25, -0.2) is 0 Å². The van der Waals surface area contributed by atoms with Crippen molar-refractivity contribution < 1.29 is 56.6 Å². The first kappa shape index (κ1) is 33.2. The number of rotatable bonds is 7. The van der Waals surface area contributed by atoms with Gasteiger partial charge in [-0.1, -0.05) is 30.8 Å².